The molecule has 0 fully saturated rings. The first-order valence-electron chi connectivity index (χ1n) is 7.70. The molecule has 0 aliphatic rings. The van der Waals surface area contributed by atoms with Crippen molar-refractivity contribution < 1.29 is 5.11 Å². The summed E-state index contributed by atoms with van der Waals surface area (Å²) in [6, 6.07) is 21.4. The lowest BCUT2D eigenvalue weighted by Gasteiger charge is -2.46. The molecule has 0 radical (unpaired) electrons. The summed E-state index contributed by atoms with van der Waals surface area (Å²) >= 11 is 0. The second-order valence-electron chi connectivity index (χ2n) is 6.77. The first-order valence-corrected chi connectivity index (χ1v) is 9.78. The number of rotatable bonds is 3. The Balaban J connectivity index is 2.84. The highest BCUT2D eigenvalue weighted by Gasteiger charge is 2.51. The minimum absolute atomic E-state index is 0.0684. The second kappa shape index (κ2) is 6.42. The molecule has 0 heterocycles. The van der Waals surface area contributed by atoms with Crippen molar-refractivity contribution in [2.45, 2.75) is 38.3 Å². The molecule has 1 N–H and O–H groups in total. The molecule has 2 aromatic rings. The van der Waals surface area contributed by atoms with Crippen LogP contribution >= 0.6 is 0 Å². The average molecular weight is 308 g/mol. The molecule has 0 amide bonds. The molecule has 0 bridgehead atoms. The maximum Gasteiger partial charge on any atom is 0.137 e. The van der Waals surface area contributed by atoms with E-state index in [1.54, 1.807) is 0 Å². The third-order valence-electron chi connectivity index (χ3n) is 4.57. The van der Waals surface area contributed by atoms with Crippen LogP contribution in [0, 0.1) is 12.0 Å². The molecule has 22 heavy (non-hydrogen) atoms. The Labute approximate surface area is 135 Å². The summed E-state index contributed by atoms with van der Waals surface area (Å²) in [7, 11) is -2.21. The van der Waals surface area contributed by atoms with Gasteiger partial charge in [0.15, 0.2) is 0 Å². The lowest BCUT2D eigenvalue weighted by molar-refractivity contribution is 0.516. The summed E-state index contributed by atoms with van der Waals surface area (Å²) in [5, 5.41) is 12.0. The van der Waals surface area contributed by atoms with E-state index in [0.29, 0.717) is 0 Å². The Morgan fingerprint density at radius 2 is 1.27 bits per heavy atom. The van der Waals surface area contributed by atoms with E-state index in [2.05, 4.69) is 100 Å². The fraction of sp³-hybridized carbons (Fsp3) is 0.300. The van der Waals surface area contributed by atoms with Gasteiger partial charge < -0.3 is 5.11 Å². The SMILES string of the molecule is CC(C#CO)[Si](c1ccccc1)(c1ccccc1)C(C)(C)C. The van der Waals surface area contributed by atoms with Crippen LogP contribution in [0.15, 0.2) is 60.7 Å². The number of aliphatic hydroxyl groups is 1. The fourth-order valence-corrected chi connectivity index (χ4v) is 9.87. The molecular formula is C20H24OSi. The summed E-state index contributed by atoms with van der Waals surface area (Å²) in [6.07, 6.45) is 2.17. The molecule has 0 aliphatic carbocycles. The van der Waals surface area contributed by atoms with Gasteiger partial charge in [-0.3, -0.25) is 0 Å². The standard InChI is InChI=1S/C20H24OSi/c1-17(15-16-21)22(20(2,3)4,18-11-7-5-8-12-18)19-13-9-6-10-14-19/h5-14,17,21H,1-4H3. The van der Waals surface area contributed by atoms with Crippen LogP contribution in [0.4, 0.5) is 0 Å². The molecule has 2 aromatic carbocycles. The van der Waals surface area contributed by atoms with Crippen LogP contribution in [0.25, 0.3) is 0 Å². The van der Waals surface area contributed by atoms with E-state index >= 15 is 0 Å². The van der Waals surface area contributed by atoms with Crippen LogP contribution in [0.2, 0.25) is 10.6 Å². The third kappa shape index (κ3) is 2.69. The maximum absolute atomic E-state index is 9.22. The molecule has 114 valence electrons. The van der Waals surface area contributed by atoms with Gasteiger partial charge in [-0.2, -0.15) is 0 Å². The van der Waals surface area contributed by atoms with E-state index in [1.807, 2.05) is 0 Å². The van der Waals surface area contributed by atoms with Crippen molar-refractivity contribution >= 4 is 18.4 Å². The van der Waals surface area contributed by atoms with Gasteiger partial charge in [0.2, 0.25) is 0 Å². The Kier molecular flexibility index (Phi) is 4.78. The van der Waals surface area contributed by atoms with Crippen molar-refractivity contribution in [2.24, 2.45) is 0 Å². The Morgan fingerprint density at radius 3 is 1.59 bits per heavy atom. The lowest BCUT2D eigenvalue weighted by atomic mass is 10.2. The number of aliphatic hydroxyl groups excluding tert-OH is 1. The van der Waals surface area contributed by atoms with Crippen LogP contribution in [-0.4, -0.2) is 13.2 Å². The molecule has 1 unspecified atom stereocenters. The maximum atomic E-state index is 9.22. The van der Waals surface area contributed by atoms with E-state index in [1.165, 1.54) is 10.4 Å². The number of hydrogen-bond acceptors (Lipinski definition) is 1. The third-order valence-corrected chi connectivity index (χ3v) is 10.9. The van der Waals surface area contributed by atoms with Crippen molar-refractivity contribution in [3.05, 3.63) is 60.7 Å². The van der Waals surface area contributed by atoms with E-state index in [0.717, 1.165) is 0 Å². The summed E-state index contributed by atoms with van der Waals surface area (Å²) in [6.45, 7) is 9.05. The summed E-state index contributed by atoms with van der Waals surface area (Å²) in [5.41, 5.74) is 0.113. The minimum atomic E-state index is -2.21. The average Bonchev–Trinajstić information content (AvgIpc) is 2.49. The molecule has 0 aliphatic heterocycles. The molecular weight excluding hydrogens is 284 g/mol. The van der Waals surface area contributed by atoms with Gasteiger partial charge in [-0.1, -0.05) is 105 Å². The molecule has 1 nitrogen and oxygen atoms in total. The van der Waals surface area contributed by atoms with E-state index in [4.69, 9.17) is 0 Å². The van der Waals surface area contributed by atoms with E-state index < -0.39 is 8.07 Å². The summed E-state index contributed by atoms with van der Waals surface area (Å²) in [4.78, 5) is 0. The molecule has 0 aromatic heterocycles. The number of hydrogen-bond donors (Lipinski definition) is 1. The minimum Gasteiger partial charge on any atom is -0.462 e. The van der Waals surface area contributed by atoms with Crippen molar-refractivity contribution in [1.82, 2.24) is 0 Å². The molecule has 1 atom stereocenters. The van der Waals surface area contributed by atoms with Crippen LogP contribution in [0.3, 0.4) is 0 Å². The normalized spacial score (nSPS) is 13.1. The van der Waals surface area contributed by atoms with Gasteiger partial charge in [0.25, 0.3) is 0 Å². The van der Waals surface area contributed by atoms with Gasteiger partial charge in [-0.05, 0) is 5.04 Å². The topological polar surface area (TPSA) is 20.2 Å². The molecule has 0 saturated heterocycles. The Hall–Kier alpha value is -1.98. The van der Waals surface area contributed by atoms with Crippen LogP contribution < -0.4 is 10.4 Å². The summed E-state index contributed by atoms with van der Waals surface area (Å²) in [5.74, 6) is 3.06. The van der Waals surface area contributed by atoms with Crippen molar-refractivity contribution in [3.63, 3.8) is 0 Å². The zero-order chi connectivity index (χ0) is 16.2. The van der Waals surface area contributed by atoms with Gasteiger partial charge in [-0.25, -0.2) is 0 Å². The Morgan fingerprint density at radius 1 is 0.864 bits per heavy atom. The first kappa shape index (κ1) is 16.4. The smallest absolute Gasteiger partial charge is 0.137 e. The zero-order valence-corrected chi connectivity index (χ0v) is 14.8. The number of benzene rings is 2. The van der Waals surface area contributed by atoms with Crippen LogP contribution in [-0.2, 0) is 0 Å². The van der Waals surface area contributed by atoms with Gasteiger partial charge in [0.1, 0.15) is 14.2 Å². The van der Waals surface area contributed by atoms with Gasteiger partial charge >= 0.3 is 0 Å². The molecule has 0 spiro atoms. The first-order chi connectivity index (χ1) is 10.4. The highest BCUT2D eigenvalue weighted by Crippen LogP contribution is 2.42. The molecule has 2 heteroatoms. The van der Waals surface area contributed by atoms with Crippen molar-refractivity contribution in [1.29, 1.82) is 0 Å². The predicted molar refractivity (Wildman–Crippen MR) is 96.8 cm³/mol. The van der Waals surface area contributed by atoms with Crippen molar-refractivity contribution in [2.75, 3.05) is 0 Å². The zero-order valence-electron chi connectivity index (χ0n) is 13.8. The van der Waals surface area contributed by atoms with E-state index in [-0.39, 0.29) is 10.6 Å². The van der Waals surface area contributed by atoms with Gasteiger partial charge in [0.05, 0.1) is 0 Å². The lowest BCUT2D eigenvalue weighted by Crippen LogP contribution is -2.66. The second-order valence-corrected chi connectivity index (χ2v) is 11.9. The highest BCUT2D eigenvalue weighted by molar-refractivity contribution is 7.05. The summed E-state index contributed by atoms with van der Waals surface area (Å²) < 4.78 is 0. The molecule has 0 saturated carbocycles. The van der Waals surface area contributed by atoms with Crippen LogP contribution in [0.1, 0.15) is 27.7 Å². The van der Waals surface area contributed by atoms with E-state index in [9.17, 15) is 5.11 Å². The largest absolute Gasteiger partial charge is 0.462 e. The molecule has 2 rings (SSSR count). The predicted octanol–water partition coefficient (Wildman–Crippen LogP) is 3.77. The van der Waals surface area contributed by atoms with Gasteiger partial charge in [-0.15, -0.1) is 0 Å². The monoisotopic (exact) mass is 308 g/mol. The van der Waals surface area contributed by atoms with Gasteiger partial charge in [0, 0.05) is 5.54 Å². The van der Waals surface area contributed by atoms with Crippen molar-refractivity contribution in [3.8, 4) is 12.0 Å². The highest BCUT2D eigenvalue weighted by atomic mass is 28.3. The fourth-order valence-electron chi connectivity index (χ4n) is 3.79. The Bertz CT molecular complexity index is 620. The quantitative estimate of drug-likeness (QED) is 0.676. The van der Waals surface area contributed by atoms with Crippen LogP contribution in [0.5, 0.6) is 0 Å².